The van der Waals surface area contributed by atoms with E-state index in [0.29, 0.717) is 29.9 Å². The topological polar surface area (TPSA) is 127 Å². The molecule has 8 nitrogen and oxygen atoms in total. The molecule has 2 atom stereocenters. The third-order valence-electron chi connectivity index (χ3n) is 5.01. The molecule has 3 rings (SSSR count). The van der Waals surface area contributed by atoms with Gasteiger partial charge in [0.1, 0.15) is 5.76 Å². The largest absolute Gasteiger partial charge is 0.391 e. The zero-order valence-corrected chi connectivity index (χ0v) is 16.3. The van der Waals surface area contributed by atoms with Crippen LogP contribution in [0.3, 0.4) is 0 Å². The van der Waals surface area contributed by atoms with Crippen molar-refractivity contribution in [2.45, 2.75) is 38.2 Å². The van der Waals surface area contributed by atoms with Crippen molar-refractivity contribution in [1.82, 2.24) is 10.1 Å². The maximum atomic E-state index is 12.9. The molecular formula is C18H23N3O5S. The highest BCUT2D eigenvalue weighted by atomic mass is 32.2. The summed E-state index contributed by atoms with van der Waals surface area (Å²) in [4.78, 5) is 14.3. The Bertz CT molecular complexity index is 983. The van der Waals surface area contributed by atoms with Gasteiger partial charge >= 0.3 is 0 Å². The van der Waals surface area contributed by atoms with Gasteiger partial charge in [-0.1, -0.05) is 5.16 Å². The Balaban J connectivity index is 1.81. The van der Waals surface area contributed by atoms with Gasteiger partial charge in [0.2, 0.25) is 10.0 Å². The number of aliphatic hydroxyl groups excluding tert-OH is 1. The summed E-state index contributed by atoms with van der Waals surface area (Å²) in [7, 11) is -3.93. The van der Waals surface area contributed by atoms with Crippen molar-refractivity contribution in [3.8, 4) is 0 Å². The maximum Gasteiger partial charge on any atom is 0.254 e. The number of hydrogen-bond donors (Lipinski definition) is 2. The Morgan fingerprint density at radius 3 is 2.59 bits per heavy atom. The van der Waals surface area contributed by atoms with Crippen molar-refractivity contribution in [1.29, 1.82) is 0 Å². The van der Waals surface area contributed by atoms with Gasteiger partial charge < -0.3 is 14.5 Å². The second-order valence-electron chi connectivity index (χ2n) is 7.14. The first-order valence-electron chi connectivity index (χ1n) is 8.60. The molecule has 0 bridgehead atoms. The van der Waals surface area contributed by atoms with E-state index in [9.17, 15) is 18.3 Å². The number of primary sulfonamides is 1. The molecule has 2 aromatic rings. The van der Waals surface area contributed by atoms with Crippen LogP contribution in [0, 0.1) is 26.7 Å². The first-order chi connectivity index (χ1) is 12.6. The molecule has 0 saturated carbocycles. The van der Waals surface area contributed by atoms with Gasteiger partial charge in [-0.25, -0.2) is 13.6 Å². The highest BCUT2D eigenvalue weighted by Gasteiger charge is 2.35. The number of aliphatic hydroxyl groups is 1. The standard InChI is InChI=1S/C18H23N3O5S/c1-10-4-13(7-17(12(10)3)27(19,24)25)18(23)21-8-14(16(22)9-21)6-15-5-11(2)20-26-15/h4-5,7,14,16,22H,6,8-9H2,1-3H3,(H2,19,24,25)/t14-,16-/m1/s1. The van der Waals surface area contributed by atoms with Crippen molar-refractivity contribution >= 4 is 15.9 Å². The SMILES string of the molecule is Cc1cc(C[C@@H]2CN(C(=O)c3cc(C)c(C)c(S(N)(=O)=O)c3)C[C@H]2O)on1. The normalized spacial score (nSPS) is 20.3. The maximum absolute atomic E-state index is 12.9. The Kier molecular flexibility index (Phi) is 5.11. The van der Waals surface area contributed by atoms with Crippen LogP contribution in [-0.4, -0.2) is 48.7 Å². The molecule has 9 heteroatoms. The number of carbonyl (C=O) groups is 1. The number of hydrogen-bond acceptors (Lipinski definition) is 6. The van der Waals surface area contributed by atoms with E-state index in [4.69, 9.17) is 9.66 Å². The van der Waals surface area contributed by atoms with Crippen LogP contribution in [0.5, 0.6) is 0 Å². The second-order valence-corrected chi connectivity index (χ2v) is 8.67. The fourth-order valence-corrected chi connectivity index (χ4v) is 4.30. The van der Waals surface area contributed by atoms with E-state index in [1.54, 1.807) is 26.0 Å². The number of benzene rings is 1. The molecular weight excluding hydrogens is 370 g/mol. The van der Waals surface area contributed by atoms with Crippen molar-refractivity contribution in [3.63, 3.8) is 0 Å². The van der Waals surface area contributed by atoms with Crippen LogP contribution in [0.1, 0.15) is 32.9 Å². The van der Waals surface area contributed by atoms with Crippen molar-refractivity contribution in [3.05, 3.63) is 46.3 Å². The van der Waals surface area contributed by atoms with Crippen molar-refractivity contribution in [2.24, 2.45) is 11.1 Å². The molecule has 0 unspecified atom stereocenters. The van der Waals surface area contributed by atoms with Gasteiger partial charge in [-0.05, 0) is 44.0 Å². The first-order valence-corrected chi connectivity index (χ1v) is 10.1. The lowest BCUT2D eigenvalue weighted by Gasteiger charge is -2.18. The van der Waals surface area contributed by atoms with E-state index >= 15 is 0 Å². The molecule has 1 aromatic heterocycles. The monoisotopic (exact) mass is 393 g/mol. The number of nitrogens with two attached hydrogens (primary N) is 1. The summed E-state index contributed by atoms with van der Waals surface area (Å²) in [5, 5.41) is 19.4. The number of β-amino-alcohol motifs (C(OH)–C–C–N with tert-alkyl or cyclic N) is 1. The zero-order valence-electron chi connectivity index (χ0n) is 15.5. The van der Waals surface area contributed by atoms with Crippen LogP contribution in [0.15, 0.2) is 27.6 Å². The Morgan fingerprint density at radius 2 is 2.00 bits per heavy atom. The molecule has 1 aliphatic heterocycles. The molecule has 1 aromatic carbocycles. The summed E-state index contributed by atoms with van der Waals surface area (Å²) >= 11 is 0. The quantitative estimate of drug-likeness (QED) is 0.795. The van der Waals surface area contributed by atoms with Crippen LogP contribution < -0.4 is 5.14 Å². The third kappa shape index (κ3) is 4.05. The van der Waals surface area contributed by atoms with Crippen LogP contribution in [0.2, 0.25) is 0 Å². The Labute approximate surface area is 158 Å². The minimum Gasteiger partial charge on any atom is -0.391 e. The average Bonchev–Trinajstić information content (AvgIpc) is 3.14. The number of aryl methyl sites for hydroxylation is 2. The van der Waals surface area contributed by atoms with Gasteiger partial charge in [0, 0.05) is 37.1 Å². The second kappa shape index (κ2) is 7.06. The number of rotatable bonds is 4. The molecule has 27 heavy (non-hydrogen) atoms. The van der Waals surface area contributed by atoms with Gasteiger partial charge in [0.25, 0.3) is 5.91 Å². The molecule has 2 heterocycles. The molecule has 3 N–H and O–H groups in total. The number of nitrogens with zero attached hydrogens (tertiary/aromatic N) is 2. The lowest BCUT2D eigenvalue weighted by atomic mass is 10.0. The Morgan fingerprint density at radius 1 is 1.30 bits per heavy atom. The van der Waals surface area contributed by atoms with Gasteiger partial charge in [0.05, 0.1) is 16.7 Å². The number of carbonyl (C=O) groups excluding carboxylic acids is 1. The number of aromatic nitrogens is 1. The highest BCUT2D eigenvalue weighted by Crippen LogP contribution is 2.26. The van der Waals surface area contributed by atoms with Crippen LogP contribution in [-0.2, 0) is 16.4 Å². The summed E-state index contributed by atoms with van der Waals surface area (Å²) in [5.41, 5.74) is 2.19. The van der Waals surface area contributed by atoms with Crippen LogP contribution in [0.25, 0.3) is 0 Å². The zero-order chi connectivity index (χ0) is 19.9. The predicted octanol–water partition coefficient (Wildman–Crippen LogP) is 0.923. The highest BCUT2D eigenvalue weighted by molar-refractivity contribution is 7.89. The van der Waals surface area contributed by atoms with Crippen molar-refractivity contribution in [2.75, 3.05) is 13.1 Å². The molecule has 0 aliphatic carbocycles. The minimum atomic E-state index is -3.93. The van der Waals surface area contributed by atoms with Crippen LogP contribution in [0.4, 0.5) is 0 Å². The minimum absolute atomic E-state index is 0.0562. The fourth-order valence-electron chi connectivity index (χ4n) is 3.42. The first kappa shape index (κ1) is 19.5. The molecule has 1 aliphatic rings. The number of likely N-dealkylation sites (tertiary alicyclic amines) is 1. The number of sulfonamides is 1. The molecule has 0 radical (unpaired) electrons. The molecule has 0 spiro atoms. The van der Waals surface area contributed by atoms with E-state index in [-0.39, 0.29) is 28.8 Å². The average molecular weight is 393 g/mol. The van der Waals surface area contributed by atoms with E-state index in [2.05, 4.69) is 5.16 Å². The van der Waals surface area contributed by atoms with Crippen LogP contribution >= 0.6 is 0 Å². The van der Waals surface area contributed by atoms with Gasteiger partial charge in [0.15, 0.2) is 0 Å². The van der Waals surface area contributed by atoms with Crippen molar-refractivity contribution < 1.29 is 22.8 Å². The van der Waals surface area contributed by atoms with Gasteiger partial charge in [-0.3, -0.25) is 4.79 Å². The van der Waals surface area contributed by atoms with Gasteiger partial charge in [-0.2, -0.15) is 0 Å². The van der Waals surface area contributed by atoms with E-state index in [1.807, 2.05) is 6.92 Å². The van der Waals surface area contributed by atoms with Gasteiger partial charge in [-0.15, -0.1) is 0 Å². The fraction of sp³-hybridized carbons (Fsp3) is 0.444. The smallest absolute Gasteiger partial charge is 0.254 e. The summed E-state index contributed by atoms with van der Waals surface area (Å²) in [5.74, 6) is 0.150. The molecule has 146 valence electrons. The summed E-state index contributed by atoms with van der Waals surface area (Å²) in [6, 6.07) is 4.75. The third-order valence-corrected chi connectivity index (χ3v) is 6.04. The summed E-state index contributed by atoms with van der Waals surface area (Å²) in [6.07, 6.45) is -0.218. The lowest BCUT2D eigenvalue weighted by Crippen LogP contribution is -2.30. The van der Waals surface area contributed by atoms with E-state index in [0.717, 1.165) is 5.69 Å². The lowest BCUT2D eigenvalue weighted by molar-refractivity contribution is 0.0764. The van der Waals surface area contributed by atoms with E-state index < -0.39 is 16.1 Å². The summed E-state index contributed by atoms with van der Waals surface area (Å²) < 4.78 is 28.8. The molecule has 1 fully saturated rings. The molecule has 1 amide bonds. The summed E-state index contributed by atoms with van der Waals surface area (Å²) in [6.45, 7) is 5.72. The Hall–Kier alpha value is -2.23. The van der Waals surface area contributed by atoms with E-state index in [1.165, 1.54) is 11.0 Å². The molecule has 1 saturated heterocycles. The predicted molar refractivity (Wildman–Crippen MR) is 97.6 cm³/mol. The number of amides is 1.